The van der Waals surface area contributed by atoms with Crippen molar-refractivity contribution in [2.24, 2.45) is 5.41 Å². The fraction of sp³-hybridized carbons (Fsp3) is 0.471. The molecule has 2 aromatic rings. The van der Waals surface area contributed by atoms with Gasteiger partial charge in [0.05, 0.1) is 13.2 Å². The number of aryl methyl sites for hydroxylation is 2. The van der Waals surface area contributed by atoms with Crippen molar-refractivity contribution in [1.82, 2.24) is 20.1 Å². The van der Waals surface area contributed by atoms with Gasteiger partial charge in [-0.15, -0.1) is 0 Å². The highest BCUT2D eigenvalue weighted by molar-refractivity contribution is 5.89. The third-order valence-corrected chi connectivity index (χ3v) is 4.40. The van der Waals surface area contributed by atoms with E-state index in [1.54, 1.807) is 0 Å². The van der Waals surface area contributed by atoms with Crippen LogP contribution in [0.1, 0.15) is 30.1 Å². The highest BCUT2D eigenvalue weighted by Crippen LogP contribution is 2.44. The van der Waals surface area contributed by atoms with Crippen molar-refractivity contribution in [3.8, 4) is 0 Å². The average Bonchev–Trinajstić information content (AvgIpc) is 3.26. The molecule has 1 saturated carbocycles. The van der Waals surface area contributed by atoms with Crippen LogP contribution < -0.4 is 10.6 Å². The van der Waals surface area contributed by atoms with Gasteiger partial charge in [0.15, 0.2) is 0 Å². The van der Waals surface area contributed by atoms with Crippen molar-refractivity contribution in [2.75, 3.05) is 18.5 Å². The van der Waals surface area contributed by atoms with Gasteiger partial charge in [0.2, 0.25) is 0 Å². The Labute approximate surface area is 141 Å². The minimum absolute atomic E-state index is 0.0956. The molecule has 1 aliphatic rings. The Morgan fingerprint density at radius 2 is 2.17 bits per heavy atom. The van der Waals surface area contributed by atoms with E-state index in [9.17, 15) is 9.90 Å². The summed E-state index contributed by atoms with van der Waals surface area (Å²) >= 11 is 0. The molecular formula is C17H23N5O2. The second kappa shape index (κ2) is 6.60. The van der Waals surface area contributed by atoms with Gasteiger partial charge in [-0.1, -0.05) is 12.1 Å². The second-order valence-corrected chi connectivity index (χ2v) is 6.53. The number of carbonyl (C=O) groups excluding carboxylic acids is 1. The van der Waals surface area contributed by atoms with E-state index in [4.69, 9.17) is 0 Å². The molecule has 1 aromatic heterocycles. The largest absolute Gasteiger partial charge is 0.396 e. The van der Waals surface area contributed by atoms with Gasteiger partial charge in [-0.25, -0.2) is 14.5 Å². The molecule has 1 aromatic carbocycles. The van der Waals surface area contributed by atoms with Crippen LogP contribution in [-0.2, 0) is 6.54 Å². The maximum Gasteiger partial charge on any atom is 0.319 e. The summed E-state index contributed by atoms with van der Waals surface area (Å²) in [5, 5.41) is 19.3. The molecule has 0 radical (unpaired) electrons. The van der Waals surface area contributed by atoms with Crippen molar-refractivity contribution >= 4 is 11.7 Å². The second-order valence-electron chi connectivity index (χ2n) is 6.53. The zero-order valence-corrected chi connectivity index (χ0v) is 14.0. The Morgan fingerprint density at radius 1 is 1.38 bits per heavy atom. The van der Waals surface area contributed by atoms with E-state index in [0.29, 0.717) is 13.1 Å². The number of anilines is 1. The number of benzene rings is 1. The highest BCUT2D eigenvalue weighted by atomic mass is 16.3. The van der Waals surface area contributed by atoms with E-state index < -0.39 is 0 Å². The molecule has 0 aliphatic heterocycles. The Morgan fingerprint density at radius 3 is 2.79 bits per heavy atom. The van der Waals surface area contributed by atoms with Crippen LogP contribution in [-0.4, -0.2) is 39.1 Å². The smallest absolute Gasteiger partial charge is 0.319 e. The number of nitrogens with zero attached hydrogens (tertiary/aromatic N) is 3. The van der Waals surface area contributed by atoms with E-state index in [2.05, 4.69) is 20.7 Å². The molecule has 0 atom stereocenters. The van der Waals surface area contributed by atoms with Crippen LogP contribution in [0.4, 0.5) is 10.5 Å². The Balaban J connectivity index is 1.58. The van der Waals surface area contributed by atoms with Gasteiger partial charge >= 0.3 is 6.03 Å². The summed E-state index contributed by atoms with van der Waals surface area (Å²) in [4.78, 5) is 16.3. The van der Waals surface area contributed by atoms with Gasteiger partial charge in [-0.2, -0.15) is 5.10 Å². The molecule has 1 heterocycles. The van der Waals surface area contributed by atoms with Gasteiger partial charge in [-0.05, 0) is 44.4 Å². The summed E-state index contributed by atoms with van der Waals surface area (Å²) in [5.74, 6) is 1.61. The van der Waals surface area contributed by atoms with Crippen LogP contribution in [0, 0.1) is 19.3 Å². The lowest BCUT2D eigenvalue weighted by Gasteiger charge is -2.14. The predicted octanol–water partition coefficient (Wildman–Crippen LogP) is 1.84. The minimum Gasteiger partial charge on any atom is -0.396 e. The first-order valence-electron chi connectivity index (χ1n) is 8.12. The molecule has 7 heteroatoms. The number of aromatic nitrogens is 3. The molecule has 3 N–H and O–H groups in total. The average molecular weight is 329 g/mol. The van der Waals surface area contributed by atoms with Gasteiger partial charge in [-0.3, -0.25) is 0 Å². The molecule has 0 spiro atoms. The SMILES string of the molecule is Cc1nc(C)n(Cc2cccc(NC(=O)NCC3(CO)CC3)c2)n1. The van der Waals surface area contributed by atoms with E-state index in [1.807, 2.05) is 42.8 Å². The fourth-order valence-electron chi connectivity index (χ4n) is 2.64. The first kappa shape index (κ1) is 16.4. The molecule has 128 valence electrons. The van der Waals surface area contributed by atoms with Gasteiger partial charge in [0, 0.05) is 17.6 Å². The monoisotopic (exact) mass is 329 g/mol. The molecular weight excluding hydrogens is 306 g/mol. The number of hydrogen-bond donors (Lipinski definition) is 3. The van der Waals surface area contributed by atoms with Crippen LogP contribution >= 0.6 is 0 Å². The van der Waals surface area contributed by atoms with Gasteiger partial charge in [0.25, 0.3) is 0 Å². The quantitative estimate of drug-likeness (QED) is 0.754. The van der Waals surface area contributed by atoms with Crippen molar-refractivity contribution in [3.63, 3.8) is 0 Å². The molecule has 1 fully saturated rings. The topological polar surface area (TPSA) is 92.1 Å². The number of rotatable bonds is 6. The normalized spacial score (nSPS) is 15.1. The molecule has 0 bridgehead atoms. The Hall–Kier alpha value is -2.41. The number of aliphatic hydroxyl groups excluding tert-OH is 1. The van der Waals surface area contributed by atoms with Crippen molar-refractivity contribution in [1.29, 1.82) is 0 Å². The molecule has 7 nitrogen and oxygen atoms in total. The lowest BCUT2D eigenvalue weighted by molar-refractivity contribution is 0.206. The molecule has 0 unspecified atom stereocenters. The predicted molar refractivity (Wildman–Crippen MR) is 90.8 cm³/mol. The van der Waals surface area contributed by atoms with Crippen LogP contribution in [0.15, 0.2) is 24.3 Å². The number of urea groups is 1. The van der Waals surface area contributed by atoms with Crippen LogP contribution in [0.25, 0.3) is 0 Å². The first-order valence-corrected chi connectivity index (χ1v) is 8.12. The van der Waals surface area contributed by atoms with Crippen molar-refractivity contribution < 1.29 is 9.90 Å². The fourth-order valence-corrected chi connectivity index (χ4v) is 2.64. The van der Waals surface area contributed by atoms with Crippen molar-refractivity contribution in [3.05, 3.63) is 41.5 Å². The summed E-state index contributed by atoms with van der Waals surface area (Å²) in [7, 11) is 0. The van der Waals surface area contributed by atoms with Crippen LogP contribution in [0.3, 0.4) is 0 Å². The summed E-state index contributed by atoms with van der Waals surface area (Å²) in [6.07, 6.45) is 1.94. The summed E-state index contributed by atoms with van der Waals surface area (Å²) < 4.78 is 1.84. The number of hydrogen-bond acceptors (Lipinski definition) is 4. The standard InChI is InChI=1S/C17H23N5O2/c1-12-19-13(2)22(21-12)9-14-4-3-5-15(8-14)20-16(24)18-10-17(11-23)6-7-17/h3-5,8,23H,6-7,9-11H2,1-2H3,(H2,18,20,24). The van der Waals surface area contributed by atoms with Crippen molar-refractivity contribution in [2.45, 2.75) is 33.2 Å². The lowest BCUT2D eigenvalue weighted by atomic mass is 10.1. The van der Waals surface area contributed by atoms with E-state index in [0.717, 1.165) is 35.7 Å². The number of amides is 2. The molecule has 2 amide bonds. The van der Waals surface area contributed by atoms with E-state index in [-0.39, 0.29) is 18.1 Å². The minimum atomic E-state index is -0.250. The maximum absolute atomic E-state index is 12.0. The number of aliphatic hydroxyl groups is 1. The molecule has 3 rings (SSSR count). The van der Waals surface area contributed by atoms with Crippen LogP contribution in [0.5, 0.6) is 0 Å². The van der Waals surface area contributed by atoms with Gasteiger partial charge < -0.3 is 15.7 Å². The Kier molecular flexibility index (Phi) is 4.53. The number of nitrogens with one attached hydrogen (secondary N) is 2. The van der Waals surface area contributed by atoms with E-state index >= 15 is 0 Å². The zero-order chi connectivity index (χ0) is 17.2. The lowest BCUT2D eigenvalue weighted by Crippen LogP contribution is -2.35. The number of carbonyl (C=O) groups is 1. The Bertz CT molecular complexity index is 736. The third-order valence-electron chi connectivity index (χ3n) is 4.40. The third kappa shape index (κ3) is 3.91. The molecule has 24 heavy (non-hydrogen) atoms. The first-order chi connectivity index (χ1) is 11.5. The summed E-state index contributed by atoms with van der Waals surface area (Å²) in [5.41, 5.74) is 1.67. The van der Waals surface area contributed by atoms with Gasteiger partial charge in [0.1, 0.15) is 11.6 Å². The summed E-state index contributed by atoms with van der Waals surface area (Å²) in [6, 6.07) is 7.42. The van der Waals surface area contributed by atoms with E-state index in [1.165, 1.54) is 0 Å². The van der Waals surface area contributed by atoms with Crippen LogP contribution in [0.2, 0.25) is 0 Å². The molecule has 0 saturated heterocycles. The highest BCUT2D eigenvalue weighted by Gasteiger charge is 2.42. The molecule has 1 aliphatic carbocycles. The summed E-state index contributed by atoms with van der Waals surface area (Å²) in [6.45, 7) is 5.03. The maximum atomic E-state index is 12.0. The zero-order valence-electron chi connectivity index (χ0n) is 14.0.